The average Bonchev–Trinajstić information content (AvgIpc) is 4.00. The van der Waals surface area contributed by atoms with Crippen molar-refractivity contribution in [3.8, 4) is 28.3 Å². The number of aryl methyl sites for hydroxylation is 2. The summed E-state index contributed by atoms with van der Waals surface area (Å²) in [7, 11) is 0. The molecule has 0 spiro atoms. The first-order valence-electron chi connectivity index (χ1n) is 23.3. The van der Waals surface area contributed by atoms with Gasteiger partial charge >= 0.3 is 128 Å². The number of pyridine rings is 2. The van der Waals surface area contributed by atoms with Crippen molar-refractivity contribution in [3.63, 3.8) is 0 Å². The monoisotopic (exact) mass is 1110 g/mol. The summed E-state index contributed by atoms with van der Waals surface area (Å²) in [6, 6.07) is 44.1. The summed E-state index contributed by atoms with van der Waals surface area (Å²) in [5.74, 6) is 7.18. The number of fused-ring (bicyclic) bond motifs is 8. The van der Waals surface area contributed by atoms with Crippen molar-refractivity contribution >= 4 is 83.5 Å². The average molecular weight is 1110 g/mol. The van der Waals surface area contributed by atoms with Crippen LogP contribution in [0.15, 0.2) is 130 Å². The van der Waals surface area contributed by atoms with Crippen LogP contribution in [-0.2, 0) is 26.5 Å². The van der Waals surface area contributed by atoms with Gasteiger partial charge in [-0.1, -0.05) is 61.9 Å². The third-order valence-corrected chi connectivity index (χ3v) is 16.4. The zero-order valence-electron chi connectivity index (χ0n) is 40.5. The van der Waals surface area contributed by atoms with Gasteiger partial charge in [0.05, 0.1) is 22.4 Å². The van der Waals surface area contributed by atoms with Gasteiger partial charge in [-0.2, -0.15) is 0 Å². The summed E-state index contributed by atoms with van der Waals surface area (Å²) in [4.78, 5) is 14.6. The molecule has 0 saturated carbocycles. The summed E-state index contributed by atoms with van der Waals surface area (Å²) in [6.07, 6.45) is 0.562. The largest absolute Gasteiger partial charge is 0 e. The summed E-state index contributed by atoms with van der Waals surface area (Å²) < 4.78 is 48.8. The van der Waals surface area contributed by atoms with Gasteiger partial charge in [0.2, 0.25) is 5.71 Å². The molecular formula is C57H51FGeIrN4O2-2. The Morgan fingerprint density at radius 2 is 1.53 bits per heavy atom. The minimum absolute atomic E-state index is 0. The van der Waals surface area contributed by atoms with Crippen LogP contribution in [0, 0.1) is 37.7 Å². The SMILES string of the molecule is Cc1cc2c(oc3ccccc32)c(C)c1-n1c(-c2[c-]cc(F)c3c2oc2nc(C(C)C)ccc23)nc2cc3ccccc3cc21.[2H]C([2H])(c1cc(-c2[c-]cccc2)nc[c]1[Ge]([CH3])([CH3])[CH3])C(C)C.[Ir]. The van der Waals surface area contributed by atoms with Gasteiger partial charge in [0, 0.05) is 59.0 Å². The second kappa shape index (κ2) is 17.7. The number of para-hydroxylation sites is 1. The molecule has 0 atom stereocenters. The zero-order chi connectivity index (χ0) is 47.1. The van der Waals surface area contributed by atoms with Crippen molar-refractivity contribution in [2.75, 3.05) is 0 Å². The van der Waals surface area contributed by atoms with E-state index in [1.807, 2.05) is 92.8 Å². The van der Waals surface area contributed by atoms with Crippen LogP contribution in [0.5, 0.6) is 0 Å². The van der Waals surface area contributed by atoms with Crippen LogP contribution in [0.1, 0.15) is 58.7 Å². The Morgan fingerprint density at radius 3 is 2.26 bits per heavy atom. The van der Waals surface area contributed by atoms with E-state index in [-0.39, 0.29) is 31.9 Å². The van der Waals surface area contributed by atoms with Gasteiger partial charge in [0.15, 0.2) is 0 Å². The summed E-state index contributed by atoms with van der Waals surface area (Å²) in [6.45, 7) is 12.2. The number of nitrogens with zero attached hydrogens (tertiary/aromatic N) is 4. The first-order valence-corrected chi connectivity index (χ1v) is 29.6. The van der Waals surface area contributed by atoms with Gasteiger partial charge < -0.3 is 13.4 Å². The number of furan rings is 2. The fraction of sp³-hybridized carbons (Fsp3) is 0.211. The predicted molar refractivity (Wildman–Crippen MR) is 269 cm³/mol. The van der Waals surface area contributed by atoms with Gasteiger partial charge in [-0.3, -0.25) is 9.37 Å². The van der Waals surface area contributed by atoms with Crippen molar-refractivity contribution in [3.05, 3.63) is 162 Å². The van der Waals surface area contributed by atoms with E-state index >= 15 is 4.39 Å². The minimum Gasteiger partial charge on any atom is 0 e. The summed E-state index contributed by atoms with van der Waals surface area (Å²) >= 11 is -2.20. The molecule has 6 nitrogen and oxygen atoms in total. The molecule has 0 fully saturated rings. The number of hydrogen-bond donors (Lipinski definition) is 0. The van der Waals surface area contributed by atoms with Crippen LogP contribution in [0.2, 0.25) is 17.3 Å². The van der Waals surface area contributed by atoms with E-state index < -0.39 is 25.5 Å². The van der Waals surface area contributed by atoms with Gasteiger partial charge in [-0.05, 0) is 77.9 Å². The number of imidazole rings is 1. The molecule has 11 rings (SSSR count). The second-order valence-electron chi connectivity index (χ2n) is 18.6. The number of hydrogen-bond acceptors (Lipinski definition) is 5. The maximum absolute atomic E-state index is 15.6. The molecule has 0 unspecified atom stereocenters. The predicted octanol–water partition coefficient (Wildman–Crippen LogP) is 15.0. The van der Waals surface area contributed by atoms with E-state index in [0.29, 0.717) is 33.5 Å². The molecule has 0 N–H and O–H groups in total. The molecule has 333 valence electrons. The molecule has 66 heavy (non-hydrogen) atoms. The van der Waals surface area contributed by atoms with Crippen LogP contribution < -0.4 is 4.40 Å². The molecule has 5 heterocycles. The van der Waals surface area contributed by atoms with Crippen molar-refractivity contribution in [1.82, 2.24) is 19.5 Å². The molecular weight excluding hydrogens is 1060 g/mol. The molecule has 1 radical (unpaired) electrons. The molecule has 5 aromatic heterocycles. The second-order valence-corrected chi connectivity index (χ2v) is 29.2. The number of benzene rings is 6. The molecule has 0 amide bonds. The van der Waals surface area contributed by atoms with Crippen molar-refractivity contribution < 1.29 is 36.1 Å². The molecule has 6 aromatic carbocycles. The van der Waals surface area contributed by atoms with Gasteiger partial charge in [-0.15, -0.1) is 12.1 Å². The van der Waals surface area contributed by atoms with Crippen LogP contribution in [0.4, 0.5) is 4.39 Å². The van der Waals surface area contributed by atoms with Gasteiger partial charge in [0.1, 0.15) is 11.2 Å². The molecule has 0 aliphatic rings. The van der Waals surface area contributed by atoms with Crippen LogP contribution in [-0.4, -0.2) is 32.8 Å². The fourth-order valence-electron chi connectivity index (χ4n) is 9.03. The van der Waals surface area contributed by atoms with E-state index in [2.05, 4.69) is 103 Å². The quantitative estimate of drug-likeness (QED) is 0.117. The van der Waals surface area contributed by atoms with E-state index in [4.69, 9.17) is 21.5 Å². The Morgan fingerprint density at radius 1 is 0.788 bits per heavy atom. The van der Waals surface area contributed by atoms with E-state index in [9.17, 15) is 0 Å². The molecule has 0 aliphatic carbocycles. The maximum atomic E-state index is 15.6. The Balaban J connectivity index is 0.000000213. The Hall–Kier alpha value is -5.93. The molecule has 0 bridgehead atoms. The Labute approximate surface area is 403 Å². The molecule has 0 saturated heterocycles. The van der Waals surface area contributed by atoms with Crippen molar-refractivity contribution in [2.24, 2.45) is 5.92 Å². The smallest absolute Gasteiger partial charge is 0 e. The normalized spacial score (nSPS) is 12.7. The summed E-state index contributed by atoms with van der Waals surface area (Å²) in [5, 5.41) is 5.35. The first-order chi connectivity index (χ1) is 32.0. The first kappa shape index (κ1) is 42.7. The number of halogens is 1. The molecule has 11 aromatic rings. The number of aromatic nitrogens is 4. The summed E-state index contributed by atoms with van der Waals surface area (Å²) in [5.41, 5.74) is 11.2. The zero-order valence-corrected chi connectivity index (χ0v) is 43.0. The van der Waals surface area contributed by atoms with E-state index in [0.717, 1.165) is 87.5 Å². The maximum Gasteiger partial charge on any atom is 0 e. The van der Waals surface area contributed by atoms with Gasteiger partial charge in [-0.25, -0.2) is 4.98 Å². The van der Waals surface area contributed by atoms with E-state index in [1.54, 1.807) is 0 Å². The molecule has 0 aliphatic heterocycles. The van der Waals surface area contributed by atoms with Crippen molar-refractivity contribution in [1.29, 1.82) is 0 Å². The fourth-order valence-corrected chi connectivity index (χ4v) is 12.0. The van der Waals surface area contributed by atoms with Crippen LogP contribution in [0.25, 0.3) is 94.1 Å². The minimum atomic E-state index is -2.20. The van der Waals surface area contributed by atoms with E-state index in [1.165, 1.54) is 6.07 Å². The third kappa shape index (κ3) is 8.07. The van der Waals surface area contributed by atoms with Crippen molar-refractivity contribution in [2.45, 2.75) is 71.1 Å². The van der Waals surface area contributed by atoms with Gasteiger partial charge in [0.25, 0.3) is 0 Å². The standard InChI is InChI=1S/C39H27FN3O2.C18H24GeN.Ir/c1-20(2)30-16-14-26-34-29(40)15-13-27(37(34)45-39(26)42-30)38-41-31-18-23-9-5-6-10-24(23)19-32(31)43(38)35-21(3)17-28-25-11-7-8-12-33(25)44-36(28)22(35)4;1-14(2)11-16-12-18(15-9-7-6-8-10-15)20-13-17(16)19(3,4)5;/h5-12,14-20H,1-4H3;6-9,12-14H,11H2,1-5H3;/q2*-1;/i;11D2;. The Bertz CT molecular complexity index is 3720. The number of rotatable bonds is 7. The van der Waals surface area contributed by atoms with Crippen LogP contribution >= 0.6 is 0 Å². The topological polar surface area (TPSA) is 69.9 Å². The third-order valence-electron chi connectivity index (χ3n) is 12.2. The molecule has 9 heteroatoms. The van der Waals surface area contributed by atoms with Crippen LogP contribution in [0.3, 0.4) is 0 Å². The Kier molecular flexibility index (Phi) is 11.5.